The lowest BCUT2D eigenvalue weighted by Crippen LogP contribution is -2.16. The Bertz CT molecular complexity index is 1610. The summed E-state index contributed by atoms with van der Waals surface area (Å²) in [6.07, 6.45) is 0.391. The van der Waals surface area contributed by atoms with Crippen molar-refractivity contribution in [1.29, 1.82) is 0 Å². The zero-order chi connectivity index (χ0) is 25.4. The van der Waals surface area contributed by atoms with Crippen LogP contribution < -0.4 is 11.1 Å². The second-order valence-corrected chi connectivity index (χ2v) is 8.15. The molecule has 0 aliphatic rings. The van der Waals surface area contributed by atoms with Crippen LogP contribution in [0.5, 0.6) is 0 Å². The van der Waals surface area contributed by atoms with Gasteiger partial charge in [0.2, 0.25) is 11.9 Å². The Morgan fingerprint density at radius 3 is 2.64 bits per heavy atom. The van der Waals surface area contributed by atoms with Crippen LogP contribution in [0.15, 0.2) is 73.2 Å². The topological polar surface area (TPSA) is 110 Å². The minimum Gasteiger partial charge on any atom is -0.366 e. The summed E-state index contributed by atoms with van der Waals surface area (Å²) in [6.45, 7) is 1.80. The Labute approximate surface area is 203 Å². The number of benzene rings is 2. The number of primary amides is 1. The molecule has 1 amide bonds. The number of nitrogens with one attached hydrogen (secondary N) is 2. The van der Waals surface area contributed by atoms with Crippen LogP contribution in [-0.2, 0) is 6.18 Å². The molecule has 0 fully saturated rings. The fraction of sp³-hybridized carbons (Fsp3) is 0.0769. The Kier molecular flexibility index (Phi) is 5.63. The summed E-state index contributed by atoms with van der Waals surface area (Å²) in [4.78, 5) is 28.2. The van der Waals surface area contributed by atoms with Crippen molar-refractivity contribution < 1.29 is 18.0 Å². The fourth-order valence-electron chi connectivity index (χ4n) is 4.00. The number of anilines is 2. The molecule has 2 aromatic carbocycles. The Morgan fingerprint density at radius 1 is 1.03 bits per heavy atom. The summed E-state index contributed by atoms with van der Waals surface area (Å²) in [7, 11) is 0. The molecule has 0 unspecified atom stereocenters. The molecule has 5 aromatic rings. The van der Waals surface area contributed by atoms with Gasteiger partial charge in [-0.25, -0.2) is 15.0 Å². The van der Waals surface area contributed by atoms with Crippen molar-refractivity contribution in [2.45, 2.75) is 13.1 Å². The van der Waals surface area contributed by atoms with Gasteiger partial charge in [0.15, 0.2) is 0 Å². The van der Waals surface area contributed by atoms with Gasteiger partial charge in [-0.1, -0.05) is 18.2 Å². The van der Waals surface area contributed by atoms with E-state index in [1.807, 2.05) is 12.1 Å². The molecule has 3 aromatic heterocycles. The highest BCUT2D eigenvalue weighted by molar-refractivity contribution is 6.01. The molecule has 7 nitrogen and oxygen atoms in total. The number of hydrogen-bond donors (Lipinski definition) is 3. The van der Waals surface area contributed by atoms with E-state index in [0.29, 0.717) is 11.4 Å². The highest BCUT2D eigenvalue weighted by Gasteiger charge is 2.35. The van der Waals surface area contributed by atoms with Crippen LogP contribution in [0.25, 0.3) is 33.4 Å². The zero-order valence-electron chi connectivity index (χ0n) is 18.9. The van der Waals surface area contributed by atoms with Crippen LogP contribution >= 0.6 is 0 Å². The van der Waals surface area contributed by atoms with Crippen LogP contribution in [-0.4, -0.2) is 25.8 Å². The van der Waals surface area contributed by atoms with Gasteiger partial charge in [0.1, 0.15) is 5.65 Å². The number of aryl methyl sites for hydroxylation is 1. The van der Waals surface area contributed by atoms with E-state index in [2.05, 4.69) is 25.3 Å². The van der Waals surface area contributed by atoms with Gasteiger partial charge in [-0.2, -0.15) is 13.2 Å². The summed E-state index contributed by atoms with van der Waals surface area (Å²) in [5, 5.41) is 4.01. The number of amides is 1. The molecule has 0 radical (unpaired) electrons. The van der Waals surface area contributed by atoms with Crippen molar-refractivity contribution in [3.63, 3.8) is 0 Å². The average molecular weight is 488 g/mol. The number of aromatic nitrogens is 4. The van der Waals surface area contributed by atoms with Crippen LogP contribution in [0, 0.1) is 6.92 Å². The standard InChI is InChI=1S/C26H19F3N6O/c1-14-5-6-15(22-18(23(30)36)3-2-4-19(22)26(27,28)29)12-21(14)35-25-32-10-8-20(34-25)17-11-16-7-9-31-24(16)33-13-17/h2-13H,1H3,(H2,30,36)(H,31,33)(H,32,34,35). The van der Waals surface area contributed by atoms with Gasteiger partial charge in [-0.3, -0.25) is 4.79 Å². The van der Waals surface area contributed by atoms with Gasteiger partial charge in [-0.15, -0.1) is 0 Å². The molecule has 5 rings (SSSR count). The number of nitrogens with two attached hydrogens (primary N) is 1. The molecule has 0 aliphatic heterocycles. The van der Waals surface area contributed by atoms with E-state index in [1.165, 1.54) is 24.3 Å². The normalized spacial score (nSPS) is 11.6. The lowest BCUT2D eigenvalue weighted by molar-refractivity contribution is -0.137. The summed E-state index contributed by atoms with van der Waals surface area (Å²) >= 11 is 0. The largest absolute Gasteiger partial charge is 0.417 e. The molecule has 180 valence electrons. The summed E-state index contributed by atoms with van der Waals surface area (Å²) in [6, 6.07) is 13.7. The number of carbonyl (C=O) groups is 1. The maximum Gasteiger partial charge on any atom is 0.417 e. The maximum atomic E-state index is 13.8. The highest BCUT2D eigenvalue weighted by Crippen LogP contribution is 2.40. The number of fused-ring (bicyclic) bond motifs is 1. The quantitative estimate of drug-likeness (QED) is 0.287. The van der Waals surface area contributed by atoms with E-state index in [4.69, 9.17) is 5.73 Å². The Hall–Kier alpha value is -4.73. The van der Waals surface area contributed by atoms with E-state index >= 15 is 0 Å². The zero-order valence-corrected chi connectivity index (χ0v) is 18.9. The first kappa shape index (κ1) is 23.0. The van der Waals surface area contributed by atoms with Crippen LogP contribution in [0.3, 0.4) is 0 Å². The SMILES string of the molecule is Cc1ccc(-c2c(C(N)=O)cccc2C(F)(F)F)cc1Nc1nccc(-c2cnc3[nH]ccc3c2)n1. The van der Waals surface area contributed by atoms with Gasteiger partial charge < -0.3 is 16.0 Å². The second kappa shape index (κ2) is 8.81. The molecule has 4 N–H and O–H groups in total. The van der Waals surface area contributed by atoms with Crippen molar-refractivity contribution in [1.82, 2.24) is 19.9 Å². The van der Waals surface area contributed by atoms with Crippen molar-refractivity contribution in [2.75, 3.05) is 5.32 Å². The predicted molar refractivity (Wildman–Crippen MR) is 131 cm³/mol. The molecule has 0 saturated heterocycles. The number of aromatic amines is 1. The van der Waals surface area contributed by atoms with Crippen LogP contribution in [0.2, 0.25) is 0 Å². The number of rotatable bonds is 5. The number of pyridine rings is 1. The minimum atomic E-state index is -4.68. The molecule has 0 saturated carbocycles. The van der Waals surface area contributed by atoms with Crippen LogP contribution in [0.4, 0.5) is 24.8 Å². The van der Waals surface area contributed by atoms with E-state index in [0.717, 1.165) is 28.2 Å². The van der Waals surface area contributed by atoms with Crippen molar-refractivity contribution in [3.8, 4) is 22.4 Å². The number of halogens is 3. The number of alkyl halides is 3. The third-order valence-electron chi connectivity index (χ3n) is 5.76. The van der Waals surface area contributed by atoms with Crippen molar-refractivity contribution in [2.24, 2.45) is 5.73 Å². The van der Waals surface area contributed by atoms with Crippen molar-refractivity contribution in [3.05, 3.63) is 89.9 Å². The molecule has 0 atom stereocenters. The molecule has 36 heavy (non-hydrogen) atoms. The molecule has 10 heteroatoms. The summed E-state index contributed by atoms with van der Waals surface area (Å²) < 4.78 is 41.4. The van der Waals surface area contributed by atoms with Gasteiger partial charge in [0, 0.05) is 46.4 Å². The van der Waals surface area contributed by atoms with E-state index in [-0.39, 0.29) is 22.6 Å². The molecule has 0 bridgehead atoms. The first-order valence-electron chi connectivity index (χ1n) is 10.9. The molecule has 0 aliphatic carbocycles. The molecular weight excluding hydrogens is 469 g/mol. The second-order valence-electron chi connectivity index (χ2n) is 8.15. The molecular formula is C26H19F3N6O. The maximum absolute atomic E-state index is 13.8. The first-order valence-corrected chi connectivity index (χ1v) is 10.9. The lowest BCUT2D eigenvalue weighted by atomic mass is 9.92. The van der Waals surface area contributed by atoms with E-state index in [9.17, 15) is 18.0 Å². The van der Waals surface area contributed by atoms with Crippen LogP contribution in [0.1, 0.15) is 21.5 Å². The number of hydrogen-bond acceptors (Lipinski definition) is 5. The Morgan fingerprint density at radius 2 is 1.86 bits per heavy atom. The van der Waals surface area contributed by atoms with E-state index in [1.54, 1.807) is 37.6 Å². The number of H-pyrrole nitrogens is 1. The molecule has 3 heterocycles. The number of nitrogens with zero attached hydrogens (tertiary/aromatic N) is 3. The lowest BCUT2D eigenvalue weighted by Gasteiger charge is -2.17. The van der Waals surface area contributed by atoms with Gasteiger partial charge in [0.25, 0.3) is 0 Å². The first-order chi connectivity index (χ1) is 17.2. The smallest absolute Gasteiger partial charge is 0.366 e. The number of carbonyl (C=O) groups excluding carboxylic acids is 1. The third kappa shape index (κ3) is 4.36. The van der Waals surface area contributed by atoms with E-state index < -0.39 is 17.6 Å². The molecule has 0 spiro atoms. The third-order valence-corrected chi connectivity index (χ3v) is 5.76. The summed E-state index contributed by atoms with van der Waals surface area (Å²) in [5.74, 6) is -0.698. The van der Waals surface area contributed by atoms with Gasteiger partial charge in [0.05, 0.1) is 11.3 Å². The van der Waals surface area contributed by atoms with Gasteiger partial charge in [-0.05, 0) is 54.4 Å². The fourth-order valence-corrected chi connectivity index (χ4v) is 4.00. The average Bonchev–Trinajstić information content (AvgIpc) is 3.32. The van der Waals surface area contributed by atoms with Crippen molar-refractivity contribution >= 4 is 28.6 Å². The summed E-state index contributed by atoms with van der Waals surface area (Å²) in [5.41, 5.74) is 7.54. The minimum absolute atomic E-state index is 0.183. The van der Waals surface area contributed by atoms with Gasteiger partial charge >= 0.3 is 6.18 Å². The monoisotopic (exact) mass is 488 g/mol. The highest BCUT2D eigenvalue weighted by atomic mass is 19.4. The predicted octanol–water partition coefficient (Wildman–Crippen LogP) is 5.86. The Balaban J connectivity index is 1.54.